The summed E-state index contributed by atoms with van der Waals surface area (Å²) in [5, 5.41) is 4.21. The molecule has 1 saturated heterocycles. The molecule has 0 unspecified atom stereocenters. The highest BCUT2D eigenvalue weighted by molar-refractivity contribution is 7.80. The minimum absolute atomic E-state index is 0.145. The van der Waals surface area contributed by atoms with Crippen LogP contribution in [-0.4, -0.2) is 27.7 Å². The van der Waals surface area contributed by atoms with Crippen molar-refractivity contribution >= 4 is 29.0 Å². The zero-order valence-corrected chi connectivity index (χ0v) is 22.5. The first-order chi connectivity index (χ1) is 17.8. The van der Waals surface area contributed by atoms with Crippen LogP contribution < -0.4 is 10.2 Å². The number of methoxy groups -OCH3 is 1. The second-order valence-corrected chi connectivity index (χ2v) is 9.90. The fourth-order valence-electron chi connectivity index (χ4n) is 5.45. The molecule has 2 aromatic heterocycles. The van der Waals surface area contributed by atoms with E-state index < -0.39 is 0 Å². The van der Waals surface area contributed by atoms with Crippen LogP contribution in [-0.2, 0) is 4.74 Å². The first-order valence-corrected chi connectivity index (χ1v) is 12.7. The number of carbonyl (C=O) groups excluding carboxylic acids is 1. The number of nitrogens with one attached hydrogen (secondary N) is 1. The van der Waals surface area contributed by atoms with Gasteiger partial charge in [-0.1, -0.05) is 24.3 Å². The number of aromatic nitrogens is 2. The van der Waals surface area contributed by atoms with Gasteiger partial charge >= 0.3 is 5.97 Å². The first-order valence-electron chi connectivity index (χ1n) is 12.3. The van der Waals surface area contributed by atoms with E-state index in [9.17, 15) is 4.79 Å². The van der Waals surface area contributed by atoms with Crippen molar-refractivity contribution < 1.29 is 9.53 Å². The number of benzene rings is 2. The van der Waals surface area contributed by atoms with Crippen molar-refractivity contribution in [3.8, 4) is 5.69 Å². The summed E-state index contributed by atoms with van der Waals surface area (Å²) >= 11 is 5.93. The number of aryl methyl sites for hydroxylation is 3. The molecule has 0 radical (unpaired) electrons. The molecule has 0 saturated carbocycles. The second kappa shape index (κ2) is 9.82. The Morgan fingerprint density at radius 1 is 0.973 bits per heavy atom. The number of pyridine rings is 1. The maximum atomic E-state index is 12.6. The summed E-state index contributed by atoms with van der Waals surface area (Å²) in [5.74, 6) is -0.364. The van der Waals surface area contributed by atoms with Gasteiger partial charge in [-0.2, -0.15) is 0 Å². The number of para-hydroxylation sites is 1. The second-order valence-electron chi connectivity index (χ2n) is 9.51. The summed E-state index contributed by atoms with van der Waals surface area (Å²) in [6.07, 6.45) is 1.81. The number of hydrogen-bond donors (Lipinski definition) is 1. The topological polar surface area (TPSA) is 59.4 Å². The van der Waals surface area contributed by atoms with Crippen molar-refractivity contribution in [2.75, 3.05) is 12.0 Å². The molecule has 6 nitrogen and oxygen atoms in total. The number of anilines is 1. The van der Waals surface area contributed by atoms with Crippen molar-refractivity contribution in [2.24, 2.45) is 0 Å². The molecule has 0 aliphatic carbocycles. The molecule has 2 atom stereocenters. The molecule has 1 aliphatic heterocycles. The molecule has 1 N–H and O–H groups in total. The van der Waals surface area contributed by atoms with Crippen LogP contribution in [0.2, 0.25) is 0 Å². The Morgan fingerprint density at radius 3 is 2.35 bits per heavy atom. The van der Waals surface area contributed by atoms with Crippen LogP contribution in [0.3, 0.4) is 0 Å². The predicted octanol–water partition coefficient (Wildman–Crippen LogP) is 6.07. The predicted molar refractivity (Wildman–Crippen MR) is 150 cm³/mol. The largest absolute Gasteiger partial charge is 0.465 e. The van der Waals surface area contributed by atoms with E-state index in [-0.39, 0.29) is 18.1 Å². The monoisotopic (exact) mass is 510 g/mol. The molecule has 0 bridgehead atoms. The third-order valence-electron chi connectivity index (χ3n) is 6.92. The molecular weight excluding hydrogens is 480 g/mol. The summed E-state index contributed by atoms with van der Waals surface area (Å²) in [5.41, 5.74) is 8.77. The highest BCUT2D eigenvalue weighted by atomic mass is 32.1. The number of rotatable bonds is 5. The van der Waals surface area contributed by atoms with Gasteiger partial charge in [-0.15, -0.1) is 0 Å². The van der Waals surface area contributed by atoms with Gasteiger partial charge in [0.25, 0.3) is 0 Å². The smallest absolute Gasteiger partial charge is 0.339 e. The average Bonchev–Trinajstić information content (AvgIpc) is 3.38. The Hall–Kier alpha value is -3.97. The summed E-state index contributed by atoms with van der Waals surface area (Å²) in [7, 11) is 1.41. The molecule has 37 heavy (non-hydrogen) atoms. The van der Waals surface area contributed by atoms with Crippen molar-refractivity contribution in [3.05, 3.63) is 112 Å². The van der Waals surface area contributed by atoms with E-state index in [0.29, 0.717) is 10.7 Å². The number of thiocarbonyl (C=S) groups is 1. The molecule has 2 aromatic carbocycles. The summed E-state index contributed by atoms with van der Waals surface area (Å²) < 4.78 is 7.20. The number of carbonyl (C=O) groups is 1. The Balaban J connectivity index is 1.71. The molecule has 0 spiro atoms. The van der Waals surface area contributed by atoms with E-state index in [1.165, 1.54) is 18.2 Å². The Bertz CT molecular complexity index is 1470. The first kappa shape index (κ1) is 24.7. The standard InChI is InChI=1S/C30H30N4O2S/c1-18-14-19(2)16-22(15-18)34-28(27(32-30(34)37)25-11-8-9-13-31-25)24-17-20(3)33(21(24)4)26-12-7-6-10-23(26)29(35)36-5/h6-17,27-28H,1-5H3,(H,32,37)/t27-,28-/m1/s1. The van der Waals surface area contributed by atoms with E-state index in [1.807, 2.05) is 42.6 Å². The SMILES string of the molecule is COC(=O)c1ccccc1-n1c(C)cc([C@@H]2[C@@H](c3ccccn3)NC(=S)N2c2cc(C)cc(C)c2)c1C. The van der Waals surface area contributed by atoms with E-state index in [1.54, 1.807) is 6.07 Å². The normalized spacial score (nSPS) is 17.1. The van der Waals surface area contributed by atoms with Crippen molar-refractivity contribution in [3.63, 3.8) is 0 Å². The maximum absolute atomic E-state index is 12.6. The highest BCUT2D eigenvalue weighted by Gasteiger charge is 2.42. The van der Waals surface area contributed by atoms with Gasteiger partial charge in [0.15, 0.2) is 5.11 Å². The van der Waals surface area contributed by atoms with Crippen LogP contribution >= 0.6 is 12.2 Å². The van der Waals surface area contributed by atoms with Crippen molar-refractivity contribution in [2.45, 2.75) is 39.8 Å². The minimum Gasteiger partial charge on any atom is -0.465 e. The molecular formula is C30H30N4O2S. The van der Waals surface area contributed by atoms with Gasteiger partial charge in [0, 0.05) is 23.3 Å². The lowest BCUT2D eigenvalue weighted by atomic mass is 9.96. The van der Waals surface area contributed by atoms with Crippen LogP contribution in [0.4, 0.5) is 5.69 Å². The fraction of sp³-hybridized carbons (Fsp3) is 0.233. The Morgan fingerprint density at radius 2 is 1.68 bits per heavy atom. The number of esters is 1. The quantitative estimate of drug-likeness (QED) is 0.260. The summed E-state index contributed by atoms with van der Waals surface area (Å²) in [6.45, 7) is 8.35. The molecule has 5 rings (SSSR count). The van der Waals surface area contributed by atoms with Crippen LogP contribution in [0.15, 0.2) is 72.9 Å². The van der Waals surface area contributed by atoms with Gasteiger partial charge in [-0.25, -0.2) is 4.79 Å². The molecule has 3 heterocycles. The average molecular weight is 511 g/mol. The zero-order valence-electron chi connectivity index (χ0n) is 21.6. The van der Waals surface area contributed by atoms with Gasteiger partial charge in [-0.05, 0) is 99.1 Å². The van der Waals surface area contributed by atoms with E-state index >= 15 is 0 Å². The summed E-state index contributed by atoms with van der Waals surface area (Å²) in [6, 6.07) is 21.9. The van der Waals surface area contributed by atoms with Crippen LogP contribution in [0.25, 0.3) is 5.69 Å². The van der Waals surface area contributed by atoms with Crippen molar-refractivity contribution in [1.82, 2.24) is 14.9 Å². The van der Waals surface area contributed by atoms with Crippen LogP contribution in [0, 0.1) is 27.7 Å². The molecule has 7 heteroatoms. The lowest BCUT2D eigenvalue weighted by Gasteiger charge is -2.29. The van der Waals surface area contributed by atoms with Crippen molar-refractivity contribution in [1.29, 1.82) is 0 Å². The fourth-order valence-corrected chi connectivity index (χ4v) is 5.79. The number of ether oxygens (including phenoxy) is 1. The molecule has 0 amide bonds. The number of nitrogens with zero attached hydrogens (tertiary/aromatic N) is 3. The third kappa shape index (κ3) is 4.40. The van der Waals surface area contributed by atoms with Crippen LogP contribution in [0.5, 0.6) is 0 Å². The van der Waals surface area contributed by atoms with E-state index in [4.69, 9.17) is 17.0 Å². The van der Waals surface area contributed by atoms with Crippen LogP contribution in [0.1, 0.15) is 56.2 Å². The maximum Gasteiger partial charge on any atom is 0.339 e. The van der Waals surface area contributed by atoms with Gasteiger partial charge in [0.05, 0.1) is 36.1 Å². The summed E-state index contributed by atoms with van der Waals surface area (Å²) in [4.78, 5) is 19.5. The molecule has 4 aromatic rings. The lowest BCUT2D eigenvalue weighted by molar-refractivity contribution is 0.0600. The lowest BCUT2D eigenvalue weighted by Crippen LogP contribution is -2.29. The third-order valence-corrected chi connectivity index (χ3v) is 7.24. The van der Waals surface area contributed by atoms with E-state index in [0.717, 1.165) is 34.0 Å². The van der Waals surface area contributed by atoms with Gasteiger partial charge in [0.2, 0.25) is 0 Å². The molecule has 1 aliphatic rings. The zero-order chi connectivity index (χ0) is 26.3. The highest BCUT2D eigenvalue weighted by Crippen LogP contribution is 2.44. The van der Waals surface area contributed by atoms with Gasteiger partial charge in [0.1, 0.15) is 0 Å². The van der Waals surface area contributed by atoms with E-state index in [2.05, 4.69) is 71.7 Å². The van der Waals surface area contributed by atoms with Gasteiger partial charge in [-0.3, -0.25) is 4.98 Å². The van der Waals surface area contributed by atoms with Gasteiger partial charge < -0.3 is 19.5 Å². The minimum atomic E-state index is -0.364. The molecule has 1 fully saturated rings. The molecule has 188 valence electrons. The Labute approximate surface area is 222 Å². The Kier molecular flexibility index (Phi) is 6.56. The number of hydrogen-bond acceptors (Lipinski definition) is 4.